The Morgan fingerprint density at radius 2 is 0.750 bits per heavy atom. The van der Waals surface area contributed by atoms with Crippen LogP contribution in [0.25, 0.3) is 83.5 Å². The predicted octanol–water partition coefficient (Wildman–Crippen LogP) is 14.0. The summed E-state index contributed by atoms with van der Waals surface area (Å²) in [6, 6.07) is 50.5. The number of aryl methyl sites for hydroxylation is 1. The molecule has 0 N–H and O–H groups in total. The van der Waals surface area contributed by atoms with Crippen LogP contribution in [0.1, 0.15) is 5.56 Å². The minimum absolute atomic E-state index is 1.26. The third-order valence-electron chi connectivity index (χ3n) is 9.56. The maximum absolute atomic E-state index is 2.42. The summed E-state index contributed by atoms with van der Waals surface area (Å²) in [5.74, 6) is 0. The van der Waals surface area contributed by atoms with Gasteiger partial charge in [0, 0.05) is 39.3 Å². The van der Waals surface area contributed by atoms with Gasteiger partial charge >= 0.3 is 0 Å². The van der Waals surface area contributed by atoms with Gasteiger partial charge in [-0.1, -0.05) is 127 Å². The number of thiophene rings is 3. The maximum atomic E-state index is 2.42. The molecule has 0 spiro atoms. The second-order valence-corrected chi connectivity index (χ2v) is 22.3. The highest BCUT2D eigenvalue weighted by atomic mass is 32.1. The molecule has 0 atom stereocenters. The Kier molecular flexibility index (Phi) is 7.07. The molecule has 9 aromatic rings. The van der Waals surface area contributed by atoms with Gasteiger partial charge in [-0.05, 0) is 87.5 Å². The van der Waals surface area contributed by atoms with Crippen LogP contribution < -0.4 is 5.19 Å². The normalized spacial score (nSPS) is 12.2. The van der Waals surface area contributed by atoms with E-state index in [0.717, 1.165) is 0 Å². The minimum Gasteiger partial charge on any atom is -0.135 e. The molecule has 48 heavy (non-hydrogen) atoms. The molecule has 0 unspecified atom stereocenters. The van der Waals surface area contributed by atoms with Crippen molar-refractivity contribution < 1.29 is 0 Å². The van der Waals surface area contributed by atoms with Gasteiger partial charge in [0.05, 0.1) is 8.07 Å². The van der Waals surface area contributed by atoms with Crippen LogP contribution in [-0.2, 0) is 0 Å². The fourth-order valence-electron chi connectivity index (χ4n) is 6.69. The van der Waals surface area contributed by atoms with Crippen molar-refractivity contribution in [2.24, 2.45) is 0 Å². The quantitative estimate of drug-likeness (QED) is 0.158. The SMILES string of the molecule is Cc1ccc(-c2ccc(-c3cc4cc5c(cc4s3)sc3cc4sc(-c6ccc(-c7ccc([Si](C)(C)C)cc7)cc6)cc4cc35)cc2)cc1. The number of hydrogen-bond acceptors (Lipinski definition) is 3. The standard InChI is InChI=1S/C44H34S3Si/c1-27-5-7-28(8-6-27)29-9-13-32(14-10-29)39-23-34-21-37-38-22-35-24-40(46-42(35)26-44(38)47-43(37)25-41(34)45-39)33-15-11-30(12-16-33)31-17-19-36(20-18-31)48(2,3)4/h5-26H,1-4H3. The van der Waals surface area contributed by atoms with Gasteiger partial charge in [-0.3, -0.25) is 0 Å². The Labute approximate surface area is 294 Å². The fourth-order valence-corrected chi connectivity index (χ4v) is 11.3. The zero-order valence-corrected chi connectivity index (χ0v) is 30.9. The third kappa shape index (κ3) is 5.34. The van der Waals surface area contributed by atoms with E-state index < -0.39 is 8.07 Å². The van der Waals surface area contributed by atoms with Gasteiger partial charge in [-0.15, -0.1) is 34.0 Å². The van der Waals surface area contributed by atoms with E-state index >= 15 is 0 Å². The van der Waals surface area contributed by atoms with Gasteiger partial charge in [-0.2, -0.15) is 0 Å². The van der Waals surface area contributed by atoms with Gasteiger partial charge in [0.25, 0.3) is 0 Å². The summed E-state index contributed by atoms with van der Waals surface area (Å²) in [6.07, 6.45) is 0. The lowest BCUT2D eigenvalue weighted by atomic mass is 10.0. The van der Waals surface area contributed by atoms with Gasteiger partial charge in [-0.25, -0.2) is 0 Å². The molecule has 0 radical (unpaired) electrons. The molecule has 0 aliphatic rings. The Balaban J connectivity index is 1.01. The van der Waals surface area contributed by atoms with Gasteiger partial charge in [0.15, 0.2) is 0 Å². The number of benzene rings is 6. The summed E-state index contributed by atoms with van der Waals surface area (Å²) >= 11 is 5.71. The molecule has 232 valence electrons. The largest absolute Gasteiger partial charge is 0.135 e. The predicted molar refractivity (Wildman–Crippen MR) is 220 cm³/mol. The van der Waals surface area contributed by atoms with E-state index in [9.17, 15) is 0 Å². The summed E-state index contributed by atoms with van der Waals surface area (Å²) in [4.78, 5) is 2.65. The first-order valence-electron chi connectivity index (χ1n) is 16.5. The van der Waals surface area contributed by atoms with Crippen LogP contribution in [0.3, 0.4) is 0 Å². The van der Waals surface area contributed by atoms with Gasteiger partial charge in [0.1, 0.15) is 0 Å². The van der Waals surface area contributed by atoms with Crippen LogP contribution in [-0.4, -0.2) is 8.07 Å². The van der Waals surface area contributed by atoms with E-state index in [1.54, 1.807) is 0 Å². The van der Waals surface area contributed by atoms with Crippen molar-refractivity contribution in [1.29, 1.82) is 0 Å². The first-order chi connectivity index (χ1) is 23.2. The maximum Gasteiger partial charge on any atom is 0.0775 e. The van der Waals surface area contributed by atoms with Crippen molar-refractivity contribution in [2.75, 3.05) is 0 Å². The lowest BCUT2D eigenvalue weighted by Crippen LogP contribution is -2.37. The fraction of sp³-hybridized carbons (Fsp3) is 0.0909. The second-order valence-electron chi connectivity index (χ2n) is 13.9. The van der Waals surface area contributed by atoms with Crippen LogP contribution in [0.4, 0.5) is 0 Å². The molecule has 9 rings (SSSR count). The van der Waals surface area contributed by atoms with Crippen LogP contribution in [0.15, 0.2) is 133 Å². The molecular weight excluding hydrogens is 653 g/mol. The molecule has 0 aliphatic heterocycles. The van der Waals surface area contributed by atoms with E-state index in [0.29, 0.717) is 0 Å². The molecule has 3 aromatic heterocycles. The van der Waals surface area contributed by atoms with Crippen molar-refractivity contribution in [2.45, 2.75) is 26.6 Å². The molecule has 0 saturated carbocycles. The summed E-state index contributed by atoms with van der Waals surface area (Å²) < 4.78 is 5.44. The van der Waals surface area contributed by atoms with Crippen molar-refractivity contribution in [1.82, 2.24) is 0 Å². The van der Waals surface area contributed by atoms with Crippen LogP contribution >= 0.6 is 34.0 Å². The summed E-state index contributed by atoms with van der Waals surface area (Å²) in [7, 11) is -1.29. The van der Waals surface area contributed by atoms with Gasteiger partial charge < -0.3 is 0 Å². The van der Waals surface area contributed by atoms with E-state index in [1.807, 2.05) is 34.0 Å². The molecule has 0 aliphatic carbocycles. The minimum atomic E-state index is -1.29. The highest BCUT2D eigenvalue weighted by Crippen LogP contribution is 2.44. The zero-order valence-electron chi connectivity index (χ0n) is 27.4. The number of rotatable bonds is 5. The molecule has 6 aromatic carbocycles. The van der Waals surface area contributed by atoms with E-state index in [1.165, 1.54) is 94.2 Å². The lowest BCUT2D eigenvalue weighted by Gasteiger charge is -2.16. The average molecular weight is 687 g/mol. The Morgan fingerprint density at radius 1 is 0.375 bits per heavy atom. The number of hydrogen-bond donors (Lipinski definition) is 0. The Hall–Kier alpha value is -4.32. The lowest BCUT2D eigenvalue weighted by molar-refractivity contribution is 1.47. The van der Waals surface area contributed by atoms with E-state index in [2.05, 4.69) is 160 Å². The van der Waals surface area contributed by atoms with E-state index in [4.69, 9.17) is 0 Å². The van der Waals surface area contributed by atoms with Crippen LogP contribution in [0, 0.1) is 6.92 Å². The van der Waals surface area contributed by atoms with Crippen LogP contribution in [0.5, 0.6) is 0 Å². The molecule has 0 saturated heterocycles. The Morgan fingerprint density at radius 3 is 1.17 bits per heavy atom. The first kappa shape index (κ1) is 29.8. The molecule has 0 nitrogen and oxygen atoms in total. The molecule has 3 heterocycles. The van der Waals surface area contributed by atoms with Crippen molar-refractivity contribution in [3.63, 3.8) is 0 Å². The molecule has 0 fully saturated rings. The molecule has 4 heteroatoms. The molecular formula is C44H34S3Si. The van der Waals surface area contributed by atoms with E-state index in [-0.39, 0.29) is 0 Å². The molecule has 0 bridgehead atoms. The topological polar surface area (TPSA) is 0 Å². The monoisotopic (exact) mass is 686 g/mol. The zero-order chi connectivity index (χ0) is 32.6. The van der Waals surface area contributed by atoms with Crippen molar-refractivity contribution >= 4 is 87.6 Å². The third-order valence-corrected chi connectivity index (χ3v) is 15.0. The Bertz CT molecular complexity index is 2610. The second kappa shape index (κ2) is 11.4. The first-order valence-corrected chi connectivity index (χ1v) is 22.4. The highest BCUT2D eigenvalue weighted by Gasteiger charge is 2.16. The van der Waals surface area contributed by atoms with Gasteiger partial charge in [0.2, 0.25) is 0 Å². The molecule has 0 amide bonds. The average Bonchev–Trinajstić information content (AvgIpc) is 3.80. The number of fused-ring (bicyclic) bond motifs is 5. The van der Waals surface area contributed by atoms with Crippen LogP contribution in [0.2, 0.25) is 19.6 Å². The summed E-state index contributed by atoms with van der Waals surface area (Å²) in [6.45, 7) is 9.34. The highest BCUT2D eigenvalue weighted by molar-refractivity contribution is 7.27. The van der Waals surface area contributed by atoms with Crippen molar-refractivity contribution in [3.8, 4) is 43.1 Å². The van der Waals surface area contributed by atoms with Crippen molar-refractivity contribution in [3.05, 3.63) is 139 Å². The summed E-state index contributed by atoms with van der Waals surface area (Å²) in [5, 5.41) is 6.88. The smallest absolute Gasteiger partial charge is 0.0775 e. The summed E-state index contributed by atoms with van der Waals surface area (Å²) in [5.41, 5.74) is 8.94.